The third kappa shape index (κ3) is 8.82. The zero-order valence-corrected chi connectivity index (χ0v) is 25.4. The van der Waals surface area contributed by atoms with Gasteiger partial charge in [0.25, 0.3) is 0 Å². The molecule has 0 saturated carbocycles. The van der Waals surface area contributed by atoms with E-state index in [9.17, 15) is 0 Å². The molecule has 0 aliphatic rings. The van der Waals surface area contributed by atoms with Crippen LogP contribution >= 0.6 is 0 Å². The molecule has 0 aliphatic carbocycles. The van der Waals surface area contributed by atoms with Crippen LogP contribution in [0.2, 0.25) is 66.5 Å². The van der Waals surface area contributed by atoms with Crippen LogP contribution < -0.4 is 0 Å². The van der Waals surface area contributed by atoms with Crippen LogP contribution in [0.4, 0.5) is 4.39 Å². The van der Waals surface area contributed by atoms with E-state index in [1.807, 2.05) is 0 Å². The normalized spacial score (nSPS) is 13.8. The maximum absolute atomic E-state index is 16.5. The Hall–Kier alpha value is 0.541. The Kier molecular flexibility index (Phi) is 14.9. The number of rotatable bonds is 19. The highest BCUT2D eigenvalue weighted by Gasteiger charge is 2.41. The SMILES string of the molecule is CC[Si](CC)(CC)CCCC(F)(CCC[Si](CC)(CC)CC)O[Si](CC)(CC)CC. The molecule has 0 unspecified atom stereocenters. The van der Waals surface area contributed by atoms with E-state index in [2.05, 4.69) is 62.3 Å². The summed E-state index contributed by atoms with van der Waals surface area (Å²) in [6.45, 7) is 20.9. The van der Waals surface area contributed by atoms with Crippen molar-refractivity contribution in [2.24, 2.45) is 0 Å². The van der Waals surface area contributed by atoms with Crippen LogP contribution in [0.3, 0.4) is 0 Å². The Morgan fingerprint density at radius 3 is 1.07 bits per heavy atom. The average molecular weight is 477 g/mol. The third-order valence-electron chi connectivity index (χ3n) is 9.35. The standard InChI is InChI=1S/C25H57FOSi3/c1-10-28(11-2,12-3)23-19-21-25(26,27-30(16-7,17-8)18-9)22-20-24-29(13-4,14-5)15-6/h10-24H2,1-9H3. The van der Waals surface area contributed by atoms with Crippen molar-refractivity contribution < 1.29 is 8.82 Å². The second-order valence-corrected chi connectivity index (χ2v) is 26.0. The number of alkyl halides is 1. The molecule has 1 nitrogen and oxygen atoms in total. The highest BCUT2D eigenvalue weighted by Crippen LogP contribution is 2.39. The van der Waals surface area contributed by atoms with Gasteiger partial charge in [-0.05, 0) is 18.1 Å². The number of hydrogen-bond acceptors (Lipinski definition) is 1. The van der Waals surface area contributed by atoms with Crippen LogP contribution in [0.25, 0.3) is 0 Å². The van der Waals surface area contributed by atoms with Gasteiger partial charge < -0.3 is 4.43 Å². The lowest BCUT2D eigenvalue weighted by Gasteiger charge is -2.39. The molecule has 0 N–H and O–H groups in total. The molecule has 0 aliphatic heterocycles. The molecule has 0 spiro atoms. The predicted molar refractivity (Wildman–Crippen MR) is 145 cm³/mol. The summed E-state index contributed by atoms with van der Waals surface area (Å²) in [5, 5.41) is 0. The molecule has 0 aromatic heterocycles. The van der Waals surface area contributed by atoms with Gasteiger partial charge in [0.05, 0.1) is 16.1 Å². The molecular weight excluding hydrogens is 420 g/mol. The van der Waals surface area contributed by atoms with Crippen LogP contribution in [0.1, 0.15) is 88.0 Å². The Morgan fingerprint density at radius 2 is 0.833 bits per heavy atom. The molecule has 30 heavy (non-hydrogen) atoms. The quantitative estimate of drug-likeness (QED) is 0.168. The van der Waals surface area contributed by atoms with Gasteiger partial charge in [-0.1, -0.05) is 124 Å². The zero-order valence-electron chi connectivity index (χ0n) is 22.4. The third-order valence-corrected chi connectivity index (χ3v) is 25.8. The molecule has 0 heterocycles. The summed E-state index contributed by atoms with van der Waals surface area (Å²) in [5.41, 5.74) is 0. The van der Waals surface area contributed by atoms with E-state index in [-0.39, 0.29) is 0 Å². The fraction of sp³-hybridized carbons (Fsp3) is 1.00. The van der Waals surface area contributed by atoms with E-state index in [1.165, 1.54) is 48.4 Å². The lowest BCUT2D eigenvalue weighted by molar-refractivity contribution is -0.0864. The zero-order chi connectivity index (χ0) is 23.3. The van der Waals surface area contributed by atoms with Crippen LogP contribution in [0.5, 0.6) is 0 Å². The first-order valence-electron chi connectivity index (χ1n) is 13.6. The maximum atomic E-state index is 16.5. The summed E-state index contributed by atoms with van der Waals surface area (Å²) < 4.78 is 23.1. The van der Waals surface area contributed by atoms with Gasteiger partial charge in [-0.3, -0.25) is 0 Å². The van der Waals surface area contributed by atoms with E-state index in [4.69, 9.17) is 4.43 Å². The molecule has 0 fully saturated rings. The van der Waals surface area contributed by atoms with Crippen LogP contribution in [0, 0.1) is 0 Å². The predicted octanol–water partition coefficient (Wildman–Crippen LogP) is 10.3. The highest BCUT2D eigenvalue weighted by atomic mass is 28.4. The molecule has 0 aromatic carbocycles. The fourth-order valence-corrected chi connectivity index (χ4v) is 15.5. The van der Waals surface area contributed by atoms with Crippen molar-refractivity contribution >= 4 is 24.5 Å². The van der Waals surface area contributed by atoms with Crippen molar-refractivity contribution in [1.29, 1.82) is 0 Å². The minimum absolute atomic E-state index is 0.634. The van der Waals surface area contributed by atoms with E-state index < -0.39 is 30.3 Å². The van der Waals surface area contributed by atoms with Gasteiger partial charge in [0.15, 0.2) is 14.2 Å². The molecule has 0 saturated heterocycles. The van der Waals surface area contributed by atoms with Crippen LogP contribution in [-0.4, -0.2) is 30.3 Å². The second-order valence-electron chi connectivity index (χ2n) is 10.1. The van der Waals surface area contributed by atoms with E-state index in [1.54, 1.807) is 0 Å². The van der Waals surface area contributed by atoms with Crippen molar-refractivity contribution in [1.82, 2.24) is 0 Å². The van der Waals surface area contributed by atoms with Gasteiger partial charge in [-0.2, -0.15) is 0 Å². The first-order valence-corrected chi connectivity index (χ1v) is 21.7. The lowest BCUT2D eigenvalue weighted by Crippen LogP contribution is -2.45. The van der Waals surface area contributed by atoms with E-state index in [0.29, 0.717) is 12.8 Å². The number of halogens is 1. The Morgan fingerprint density at radius 1 is 0.533 bits per heavy atom. The molecule has 5 heteroatoms. The minimum atomic E-state index is -1.95. The Bertz CT molecular complexity index is 381. The van der Waals surface area contributed by atoms with Crippen molar-refractivity contribution in [3.8, 4) is 0 Å². The summed E-state index contributed by atoms with van der Waals surface area (Å²) in [4.78, 5) is 0. The topological polar surface area (TPSA) is 9.23 Å². The summed E-state index contributed by atoms with van der Waals surface area (Å²) in [6, 6.07) is 13.7. The Balaban J connectivity index is 5.34. The summed E-state index contributed by atoms with van der Waals surface area (Å²) in [5.74, 6) is -1.38. The van der Waals surface area contributed by atoms with Gasteiger partial charge in [0, 0.05) is 12.8 Å². The first-order chi connectivity index (χ1) is 14.2. The summed E-state index contributed by atoms with van der Waals surface area (Å²) >= 11 is 0. The van der Waals surface area contributed by atoms with Crippen LogP contribution in [-0.2, 0) is 4.43 Å². The first kappa shape index (κ1) is 30.5. The molecule has 0 radical (unpaired) electrons. The second kappa shape index (κ2) is 14.6. The number of hydrogen-bond donors (Lipinski definition) is 0. The van der Waals surface area contributed by atoms with E-state index >= 15 is 4.39 Å². The molecular formula is C25H57FOSi3. The highest BCUT2D eigenvalue weighted by molar-refractivity contribution is 6.80. The van der Waals surface area contributed by atoms with Crippen molar-refractivity contribution in [2.75, 3.05) is 0 Å². The fourth-order valence-electron chi connectivity index (χ4n) is 5.60. The van der Waals surface area contributed by atoms with E-state index in [0.717, 1.165) is 31.0 Å². The molecule has 0 amide bonds. The van der Waals surface area contributed by atoms with Crippen molar-refractivity contribution in [3.63, 3.8) is 0 Å². The van der Waals surface area contributed by atoms with Crippen molar-refractivity contribution in [3.05, 3.63) is 0 Å². The van der Waals surface area contributed by atoms with Crippen LogP contribution in [0.15, 0.2) is 0 Å². The van der Waals surface area contributed by atoms with Gasteiger partial charge in [-0.15, -0.1) is 0 Å². The van der Waals surface area contributed by atoms with Gasteiger partial charge in [0.1, 0.15) is 0 Å². The molecule has 0 atom stereocenters. The Labute approximate surface area is 193 Å². The monoisotopic (exact) mass is 476 g/mol. The maximum Gasteiger partial charge on any atom is 0.200 e. The molecule has 0 aromatic rings. The molecule has 182 valence electrons. The van der Waals surface area contributed by atoms with Gasteiger partial charge in [0.2, 0.25) is 0 Å². The lowest BCUT2D eigenvalue weighted by atomic mass is 10.1. The summed E-state index contributed by atoms with van der Waals surface area (Å²) in [6.07, 6.45) is 3.32. The van der Waals surface area contributed by atoms with Gasteiger partial charge >= 0.3 is 0 Å². The van der Waals surface area contributed by atoms with Gasteiger partial charge in [-0.25, -0.2) is 4.39 Å². The largest absolute Gasteiger partial charge is 0.386 e. The molecule has 0 bridgehead atoms. The minimum Gasteiger partial charge on any atom is -0.386 e. The smallest absolute Gasteiger partial charge is 0.200 e. The average Bonchev–Trinajstić information content (AvgIpc) is 2.79. The molecule has 0 rings (SSSR count). The summed E-state index contributed by atoms with van der Waals surface area (Å²) in [7, 11) is -4.31. The van der Waals surface area contributed by atoms with Crippen molar-refractivity contribution in [2.45, 2.75) is 160 Å².